The summed E-state index contributed by atoms with van der Waals surface area (Å²) in [7, 11) is 0. The SMILES string of the molecule is CCOC(=O)c1sc(Oc2cc([N+](=O)[O-])ccc2N2CCN(C(=O)OC(C)(C)C)CC2)nc1C. The topological polar surface area (TPSA) is 124 Å². The van der Waals surface area contributed by atoms with E-state index in [1.165, 1.54) is 12.1 Å². The molecule has 2 aromatic rings. The van der Waals surface area contributed by atoms with Crippen LogP contribution in [0.25, 0.3) is 0 Å². The molecule has 0 spiro atoms. The summed E-state index contributed by atoms with van der Waals surface area (Å²) in [6.07, 6.45) is -0.378. The minimum atomic E-state index is -0.582. The van der Waals surface area contributed by atoms with Crippen LogP contribution in [0, 0.1) is 17.0 Å². The van der Waals surface area contributed by atoms with E-state index < -0.39 is 16.5 Å². The number of carbonyl (C=O) groups is 2. The van der Waals surface area contributed by atoms with Gasteiger partial charge >= 0.3 is 12.1 Å². The summed E-state index contributed by atoms with van der Waals surface area (Å²) in [6, 6.07) is 4.35. The molecule has 1 saturated heterocycles. The van der Waals surface area contributed by atoms with Gasteiger partial charge in [-0.25, -0.2) is 14.6 Å². The van der Waals surface area contributed by atoms with E-state index in [0.717, 1.165) is 11.3 Å². The summed E-state index contributed by atoms with van der Waals surface area (Å²) in [5.41, 5.74) is 0.364. The Balaban J connectivity index is 1.81. The highest BCUT2D eigenvalue weighted by molar-refractivity contribution is 7.15. The summed E-state index contributed by atoms with van der Waals surface area (Å²) < 4.78 is 16.4. The lowest BCUT2D eigenvalue weighted by Gasteiger charge is -2.37. The van der Waals surface area contributed by atoms with Gasteiger partial charge in [-0.15, -0.1) is 0 Å². The fraction of sp³-hybridized carbons (Fsp3) is 0.500. The van der Waals surface area contributed by atoms with Crippen LogP contribution in [0.1, 0.15) is 43.1 Å². The van der Waals surface area contributed by atoms with E-state index in [4.69, 9.17) is 14.2 Å². The predicted octanol–water partition coefficient (Wildman–Crippen LogP) is 4.39. The van der Waals surface area contributed by atoms with Gasteiger partial charge in [0.25, 0.3) is 10.9 Å². The van der Waals surface area contributed by atoms with Crippen molar-refractivity contribution in [3.05, 3.63) is 38.9 Å². The normalized spacial score (nSPS) is 14.0. The van der Waals surface area contributed by atoms with Crippen molar-refractivity contribution in [2.24, 2.45) is 0 Å². The molecule has 1 aromatic carbocycles. The Kier molecular flexibility index (Phi) is 7.60. The summed E-state index contributed by atoms with van der Waals surface area (Å²) in [4.78, 5) is 43.5. The Morgan fingerprint density at radius 1 is 1.21 bits per heavy atom. The number of non-ortho nitro benzene ring substituents is 1. The number of anilines is 1. The molecule has 0 radical (unpaired) electrons. The first-order valence-corrected chi connectivity index (χ1v) is 11.6. The molecule has 1 fully saturated rings. The van der Waals surface area contributed by atoms with E-state index in [1.54, 1.807) is 24.8 Å². The van der Waals surface area contributed by atoms with Gasteiger partial charge in [0.1, 0.15) is 10.5 Å². The van der Waals surface area contributed by atoms with Gasteiger partial charge in [0.2, 0.25) is 0 Å². The van der Waals surface area contributed by atoms with Crippen molar-refractivity contribution >= 4 is 34.8 Å². The number of benzene rings is 1. The highest BCUT2D eigenvalue weighted by atomic mass is 32.1. The number of aromatic nitrogens is 1. The van der Waals surface area contributed by atoms with Crippen molar-refractivity contribution in [3.63, 3.8) is 0 Å². The van der Waals surface area contributed by atoms with Crippen LogP contribution >= 0.6 is 11.3 Å². The van der Waals surface area contributed by atoms with Crippen molar-refractivity contribution < 1.29 is 28.7 Å². The summed E-state index contributed by atoms with van der Waals surface area (Å²) in [5.74, 6) is -0.256. The van der Waals surface area contributed by atoms with Crippen molar-refractivity contribution in [2.45, 2.75) is 40.2 Å². The number of rotatable bonds is 6. The first-order valence-electron chi connectivity index (χ1n) is 10.8. The standard InChI is InChI=1S/C22H28N4O7S/c1-6-31-19(27)18-14(2)23-20(34-18)32-17-13-15(26(29)30)7-8-16(17)24-9-11-25(12-10-24)21(28)33-22(3,4)5/h7-8,13H,6,9-12H2,1-5H3. The fourth-order valence-corrected chi connectivity index (χ4v) is 4.14. The van der Waals surface area contributed by atoms with Crippen LogP contribution in [0.3, 0.4) is 0 Å². The number of piperazine rings is 1. The molecule has 0 bridgehead atoms. The first kappa shape index (κ1) is 25.2. The Labute approximate surface area is 201 Å². The molecule has 0 N–H and O–H groups in total. The van der Waals surface area contributed by atoms with Gasteiger partial charge in [-0.1, -0.05) is 11.3 Å². The molecule has 184 valence electrons. The lowest BCUT2D eigenvalue weighted by atomic mass is 10.2. The summed E-state index contributed by atoms with van der Waals surface area (Å²) in [5, 5.41) is 11.5. The second kappa shape index (κ2) is 10.2. The van der Waals surface area contributed by atoms with E-state index in [-0.39, 0.29) is 29.3 Å². The molecule has 12 heteroatoms. The third-order valence-electron chi connectivity index (χ3n) is 4.86. The molecule has 0 aliphatic carbocycles. The van der Waals surface area contributed by atoms with E-state index >= 15 is 0 Å². The largest absolute Gasteiger partial charge is 0.462 e. The molecular formula is C22H28N4O7S. The lowest BCUT2D eigenvalue weighted by molar-refractivity contribution is -0.384. The number of hydrogen-bond acceptors (Lipinski definition) is 10. The average Bonchev–Trinajstić information content (AvgIpc) is 3.13. The average molecular weight is 493 g/mol. The monoisotopic (exact) mass is 492 g/mol. The van der Waals surface area contributed by atoms with Gasteiger partial charge in [-0.05, 0) is 40.7 Å². The summed E-state index contributed by atoms with van der Waals surface area (Å²) >= 11 is 1.02. The van der Waals surface area contributed by atoms with E-state index in [0.29, 0.717) is 42.4 Å². The molecule has 0 saturated carbocycles. The Bertz CT molecular complexity index is 1070. The number of esters is 1. The van der Waals surface area contributed by atoms with Gasteiger partial charge in [0, 0.05) is 32.2 Å². The maximum absolute atomic E-state index is 12.4. The van der Waals surface area contributed by atoms with Gasteiger partial charge in [0.05, 0.1) is 29.0 Å². The Morgan fingerprint density at radius 3 is 2.47 bits per heavy atom. The van der Waals surface area contributed by atoms with E-state index in [2.05, 4.69) is 4.98 Å². The van der Waals surface area contributed by atoms with Crippen molar-refractivity contribution in [3.8, 4) is 10.9 Å². The second-order valence-corrected chi connectivity index (χ2v) is 9.54. The van der Waals surface area contributed by atoms with Crippen LogP contribution in [0.2, 0.25) is 0 Å². The molecule has 0 unspecified atom stereocenters. The molecule has 3 rings (SSSR count). The van der Waals surface area contributed by atoms with Crippen LogP contribution in [0.5, 0.6) is 10.9 Å². The molecule has 2 heterocycles. The first-order chi connectivity index (χ1) is 16.0. The van der Waals surface area contributed by atoms with Gasteiger partial charge in [0.15, 0.2) is 5.75 Å². The van der Waals surface area contributed by atoms with Crippen molar-refractivity contribution in [1.29, 1.82) is 0 Å². The molecule has 11 nitrogen and oxygen atoms in total. The molecule has 1 aliphatic heterocycles. The molecular weight excluding hydrogens is 464 g/mol. The maximum Gasteiger partial charge on any atom is 0.410 e. The van der Waals surface area contributed by atoms with Crippen LogP contribution < -0.4 is 9.64 Å². The predicted molar refractivity (Wildman–Crippen MR) is 126 cm³/mol. The number of aryl methyl sites for hydroxylation is 1. The van der Waals surface area contributed by atoms with Gasteiger partial charge < -0.3 is 24.0 Å². The highest BCUT2D eigenvalue weighted by Crippen LogP contribution is 2.38. The number of nitro benzene ring substituents is 1. The van der Waals surface area contributed by atoms with Crippen molar-refractivity contribution in [1.82, 2.24) is 9.88 Å². The Morgan fingerprint density at radius 2 is 1.88 bits per heavy atom. The maximum atomic E-state index is 12.4. The van der Waals surface area contributed by atoms with Gasteiger partial charge in [-0.3, -0.25) is 10.1 Å². The number of nitrogens with zero attached hydrogens (tertiary/aromatic N) is 4. The minimum absolute atomic E-state index is 0.134. The van der Waals surface area contributed by atoms with Crippen LogP contribution in [0.4, 0.5) is 16.2 Å². The number of hydrogen-bond donors (Lipinski definition) is 0. The van der Waals surface area contributed by atoms with Crippen LogP contribution in [0.15, 0.2) is 18.2 Å². The third-order valence-corrected chi connectivity index (χ3v) is 5.88. The van der Waals surface area contributed by atoms with E-state index in [9.17, 15) is 19.7 Å². The smallest absolute Gasteiger partial charge is 0.410 e. The van der Waals surface area contributed by atoms with Crippen LogP contribution in [-0.4, -0.2) is 65.3 Å². The second-order valence-electron chi connectivity index (χ2n) is 8.58. The van der Waals surface area contributed by atoms with Gasteiger partial charge in [-0.2, -0.15) is 0 Å². The number of nitro groups is 1. The zero-order valence-electron chi connectivity index (χ0n) is 19.8. The zero-order valence-corrected chi connectivity index (χ0v) is 20.6. The number of thiazole rings is 1. The lowest BCUT2D eigenvalue weighted by Crippen LogP contribution is -2.50. The Hall–Kier alpha value is -3.41. The van der Waals surface area contributed by atoms with Crippen molar-refractivity contribution in [2.75, 3.05) is 37.7 Å². The molecule has 0 atom stereocenters. The number of carbonyl (C=O) groups excluding carboxylic acids is 2. The third kappa shape index (κ3) is 6.13. The zero-order chi connectivity index (χ0) is 25.0. The minimum Gasteiger partial charge on any atom is -0.462 e. The molecule has 1 amide bonds. The molecule has 1 aromatic heterocycles. The molecule has 34 heavy (non-hydrogen) atoms. The fourth-order valence-electron chi connectivity index (χ4n) is 3.31. The molecule has 1 aliphatic rings. The highest BCUT2D eigenvalue weighted by Gasteiger charge is 2.28. The number of amides is 1. The van der Waals surface area contributed by atoms with Crippen LogP contribution in [-0.2, 0) is 9.47 Å². The quantitative estimate of drug-likeness (QED) is 0.328. The number of ether oxygens (including phenoxy) is 3. The van der Waals surface area contributed by atoms with E-state index in [1.807, 2.05) is 25.7 Å². The summed E-state index contributed by atoms with van der Waals surface area (Å²) in [6.45, 7) is 10.9.